The largest absolute Gasteiger partial charge is 0.341 e. The Bertz CT molecular complexity index is 586. The Morgan fingerprint density at radius 1 is 1.05 bits per heavy atom. The summed E-state index contributed by atoms with van der Waals surface area (Å²) in [6.45, 7) is 3.11. The second-order valence-electron chi connectivity index (χ2n) is 5.90. The maximum atomic E-state index is 4.53. The normalized spacial score (nSPS) is 14.9. The van der Waals surface area contributed by atoms with E-state index < -0.39 is 0 Å². The number of aromatic nitrogens is 2. The average molecular weight is 282 g/mol. The summed E-state index contributed by atoms with van der Waals surface area (Å²) in [7, 11) is 4.17. The Morgan fingerprint density at radius 2 is 1.76 bits per heavy atom. The van der Waals surface area contributed by atoms with E-state index in [0.29, 0.717) is 0 Å². The molecule has 1 aromatic heterocycles. The van der Waals surface area contributed by atoms with Crippen molar-refractivity contribution in [1.82, 2.24) is 14.9 Å². The summed E-state index contributed by atoms with van der Waals surface area (Å²) >= 11 is 0. The third kappa shape index (κ3) is 3.39. The maximum Gasteiger partial charge on any atom is 0.225 e. The van der Waals surface area contributed by atoms with Crippen molar-refractivity contribution in [2.24, 2.45) is 0 Å². The van der Waals surface area contributed by atoms with Crippen molar-refractivity contribution in [3.8, 4) is 11.1 Å². The van der Waals surface area contributed by atoms with Crippen LogP contribution >= 0.6 is 0 Å². The highest BCUT2D eigenvalue weighted by molar-refractivity contribution is 5.63. The Labute approximate surface area is 126 Å². The van der Waals surface area contributed by atoms with Crippen molar-refractivity contribution in [3.05, 3.63) is 42.2 Å². The lowest BCUT2D eigenvalue weighted by Gasteiger charge is -2.15. The van der Waals surface area contributed by atoms with Gasteiger partial charge in [0, 0.05) is 37.6 Å². The lowest BCUT2D eigenvalue weighted by molar-refractivity contribution is 0.402. The minimum Gasteiger partial charge on any atom is -0.341 e. The van der Waals surface area contributed by atoms with E-state index in [1.165, 1.54) is 24.0 Å². The highest BCUT2D eigenvalue weighted by Gasteiger charge is 2.14. The maximum absolute atomic E-state index is 4.53. The van der Waals surface area contributed by atoms with E-state index >= 15 is 0 Å². The monoisotopic (exact) mass is 282 g/mol. The number of benzene rings is 1. The smallest absolute Gasteiger partial charge is 0.225 e. The van der Waals surface area contributed by atoms with E-state index in [9.17, 15) is 0 Å². The van der Waals surface area contributed by atoms with Gasteiger partial charge in [-0.3, -0.25) is 0 Å². The van der Waals surface area contributed by atoms with Crippen LogP contribution < -0.4 is 4.90 Å². The molecule has 0 unspecified atom stereocenters. The molecule has 0 bridgehead atoms. The molecule has 0 aliphatic carbocycles. The lowest BCUT2D eigenvalue weighted by Crippen LogP contribution is -2.20. The first-order valence-corrected chi connectivity index (χ1v) is 7.53. The van der Waals surface area contributed by atoms with Gasteiger partial charge in [0.05, 0.1) is 0 Å². The van der Waals surface area contributed by atoms with Crippen LogP contribution in [-0.2, 0) is 6.54 Å². The number of nitrogens with zero attached hydrogens (tertiary/aromatic N) is 4. The molecule has 0 atom stereocenters. The highest BCUT2D eigenvalue weighted by Crippen LogP contribution is 2.22. The van der Waals surface area contributed by atoms with Gasteiger partial charge in [-0.05, 0) is 44.1 Å². The summed E-state index contributed by atoms with van der Waals surface area (Å²) in [6, 6.07) is 8.59. The van der Waals surface area contributed by atoms with Crippen LogP contribution in [0.15, 0.2) is 36.7 Å². The zero-order valence-corrected chi connectivity index (χ0v) is 12.8. The van der Waals surface area contributed by atoms with Gasteiger partial charge in [-0.1, -0.05) is 18.2 Å². The minimum absolute atomic E-state index is 0.862. The minimum atomic E-state index is 0.862. The summed E-state index contributed by atoms with van der Waals surface area (Å²) in [5, 5.41) is 0. The van der Waals surface area contributed by atoms with Gasteiger partial charge in [0.1, 0.15) is 0 Å². The van der Waals surface area contributed by atoms with E-state index in [1.54, 1.807) is 0 Å². The number of hydrogen-bond acceptors (Lipinski definition) is 4. The summed E-state index contributed by atoms with van der Waals surface area (Å²) in [5.74, 6) is 0.862. The van der Waals surface area contributed by atoms with E-state index in [-0.39, 0.29) is 0 Å². The van der Waals surface area contributed by atoms with Crippen molar-refractivity contribution in [3.63, 3.8) is 0 Å². The lowest BCUT2D eigenvalue weighted by atomic mass is 10.1. The van der Waals surface area contributed by atoms with Gasteiger partial charge in [0.25, 0.3) is 0 Å². The summed E-state index contributed by atoms with van der Waals surface area (Å²) < 4.78 is 0. The van der Waals surface area contributed by atoms with Crippen LogP contribution in [-0.4, -0.2) is 42.1 Å². The van der Waals surface area contributed by atoms with Gasteiger partial charge < -0.3 is 9.80 Å². The van der Waals surface area contributed by atoms with Crippen molar-refractivity contribution in [1.29, 1.82) is 0 Å². The van der Waals surface area contributed by atoms with Gasteiger partial charge in [-0.25, -0.2) is 9.97 Å². The predicted octanol–water partition coefficient (Wildman–Crippen LogP) is 2.81. The average Bonchev–Trinajstić information content (AvgIpc) is 3.01. The quantitative estimate of drug-likeness (QED) is 0.863. The standard InChI is InChI=1S/C17H22N4/c1-20(2)13-14-6-5-7-15(10-14)16-11-18-17(19-12-16)21-8-3-4-9-21/h5-7,10-12H,3-4,8-9,13H2,1-2H3. The van der Waals surface area contributed by atoms with Crippen LogP contribution in [0.4, 0.5) is 5.95 Å². The molecule has 21 heavy (non-hydrogen) atoms. The van der Waals surface area contributed by atoms with Gasteiger partial charge in [-0.2, -0.15) is 0 Å². The predicted molar refractivity (Wildman–Crippen MR) is 86.3 cm³/mol. The number of anilines is 1. The molecule has 3 rings (SSSR count). The van der Waals surface area contributed by atoms with Gasteiger partial charge >= 0.3 is 0 Å². The third-order valence-corrected chi connectivity index (χ3v) is 3.79. The molecule has 1 fully saturated rings. The molecule has 1 saturated heterocycles. The van der Waals surface area contributed by atoms with Crippen molar-refractivity contribution in [2.75, 3.05) is 32.1 Å². The van der Waals surface area contributed by atoms with Crippen LogP contribution in [0.2, 0.25) is 0 Å². The number of rotatable bonds is 4. The Kier molecular flexibility index (Phi) is 4.15. The zero-order valence-electron chi connectivity index (χ0n) is 12.8. The fraction of sp³-hybridized carbons (Fsp3) is 0.412. The molecule has 0 saturated carbocycles. The molecule has 1 aliphatic rings. The van der Waals surface area contributed by atoms with Crippen LogP contribution in [0.1, 0.15) is 18.4 Å². The van der Waals surface area contributed by atoms with Crippen LogP contribution in [0.25, 0.3) is 11.1 Å². The van der Waals surface area contributed by atoms with Crippen molar-refractivity contribution < 1.29 is 0 Å². The molecule has 2 heterocycles. The Hall–Kier alpha value is -1.94. The first-order chi connectivity index (χ1) is 10.2. The van der Waals surface area contributed by atoms with E-state index in [4.69, 9.17) is 0 Å². The zero-order chi connectivity index (χ0) is 14.7. The van der Waals surface area contributed by atoms with Gasteiger partial charge in [0.15, 0.2) is 0 Å². The molecule has 4 heteroatoms. The molecule has 0 spiro atoms. The first kappa shape index (κ1) is 14.0. The summed E-state index contributed by atoms with van der Waals surface area (Å²) in [4.78, 5) is 13.5. The van der Waals surface area contributed by atoms with Crippen molar-refractivity contribution >= 4 is 5.95 Å². The molecule has 0 radical (unpaired) electrons. The number of hydrogen-bond donors (Lipinski definition) is 0. The molecular formula is C17H22N4. The van der Waals surface area contributed by atoms with Crippen LogP contribution in [0.5, 0.6) is 0 Å². The molecule has 2 aromatic rings. The summed E-state index contributed by atoms with van der Waals surface area (Å²) in [6.07, 6.45) is 6.38. The van der Waals surface area contributed by atoms with Gasteiger partial charge in [0.2, 0.25) is 5.95 Å². The molecule has 0 N–H and O–H groups in total. The third-order valence-electron chi connectivity index (χ3n) is 3.79. The van der Waals surface area contributed by atoms with E-state index in [1.807, 2.05) is 12.4 Å². The topological polar surface area (TPSA) is 32.3 Å². The molecule has 0 amide bonds. The van der Waals surface area contributed by atoms with Gasteiger partial charge in [-0.15, -0.1) is 0 Å². The SMILES string of the molecule is CN(C)Cc1cccc(-c2cnc(N3CCCC3)nc2)c1. The summed E-state index contributed by atoms with van der Waals surface area (Å²) in [5.41, 5.74) is 3.57. The highest BCUT2D eigenvalue weighted by atomic mass is 15.3. The first-order valence-electron chi connectivity index (χ1n) is 7.53. The fourth-order valence-electron chi connectivity index (χ4n) is 2.77. The molecule has 4 nitrogen and oxygen atoms in total. The Morgan fingerprint density at radius 3 is 2.43 bits per heavy atom. The van der Waals surface area contributed by atoms with Crippen molar-refractivity contribution in [2.45, 2.75) is 19.4 Å². The fourth-order valence-corrected chi connectivity index (χ4v) is 2.77. The van der Waals surface area contributed by atoms with Crippen LogP contribution in [0.3, 0.4) is 0 Å². The Balaban J connectivity index is 1.80. The van der Waals surface area contributed by atoms with E-state index in [0.717, 1.165) is 31.1 Å². The molecule has 1 aliphatic heterocycles. The second kappa shape index (κ2) is 6.22. The second-order valence-corrected chi connectivity index (χ2v) is 5.90. The van der Waals surface area contributed by atoms with Crippen LogP contribution in [0, 0.1) is 0 Å². The van der Waals surface area contributed by atoms with E-state index in [2.05, 4.69) is 58.1 Å². The molecule has 1 aromatic carbocycles. The molecular weight excluding hydrogens is 260 g/mol. The molecule has 110 valence electrons.